The van der Waals surface area contributed by atoms with E-state index in [1.807, 2.05) is 12.3 Å². The van der Waals surface area contributed by atoms with Crippen molar-refractivity contribution >= 4 is 0 Å². The summed E-state index contributed by atoms with van der Waals surface area (Å²) in [5, 5.41) is 0. The van der Waals surface area contributed by atoms with Gasteiger partial charge >= 0.3 is 0 Å². The molecule has 0 N–H and O–H groups in total. The summed E-state index contributed by atoms with van der Waals surface area (Å²) in [5.74, 6) is 2.50. The van der Waals surface area contributed by atoms with E-state index in [0.29, 0.717) is 5.92 Å². The SMILES string of the molecule is Cc1ccoc1Cc1coc(C(C)C)c1. The van der Waals surface area contributed by atoms with Crippen LogP contribution in [0.2, 0.25) is 0 Å². The molecule has 2 nitrogen and oxygen atoms in total. The molecular formula is C13H16O2. The van der Waals surface area contributed by atoms with Crippen molar-refractivity contribution in [1.82, 2.24) is 0 Å². The molecule has 0 aliphatic carbocycles. The van der Waals surface area contributed by atoms with Gasteiger partial charge in [-0.25, -0.2) is 0 Å². The van der Waals surface area contributed by atoms with Gasteiger partial charge in [0.25, 0.3) is 0 Å². The van der Waals surface area contributed by atoms with Crippen LogP contribution in [0.15, 0.2) is 33.5 Å². The van der Waals surface area contributed by atoms with Crippen LogP contribution in [-0.4, -0.2) is 0 Å². The highest BCUT2D eigenvalue weighted by Crippen LogP contribution is 2.21. The zero-order valence-electron chi connectivity index (χ0n) is 9.41. The second kappa shape index (κ2) is 3.97. The lowest BCUT2D eigenvalue weighted by molar-refractivity contribution is 0.483. The lowest BCUT2D eigenvalue weighted by Gasteiger charge is -1.96. The molecule has 0 aliphatic heterocycles. The predicted octanol–water partition coefficient (Wildman–Crippen LogP) is 3.90. The summed E-state index contributed by atoms with van der Waals surface area (Å²) < 4.78 is 10.9. The Hall–Kier alpha value is -1.44. The van der Waals surface area contributed by atoms with Crippen molar-refractivity contribution in [2.75, 3.05) is 0 Å². The standard InChI is InChI=1S/C13H16O2/c1-9(2)12-6-11(8-15-12)7-13-10(3)4-5-14-13/h4-6,8-9H,7H2,1-3H3. The Balaban J connectivity index is 2.15. The first-order valence-corrected chi connectivity index (χ1v) is 5.27. The molecule has 80 valence electrons. The van der Waals surface area contributed by atoms with Crippen LogP contribution in [0.3, 0.4) is 0 Å². The second-order valence-electron chi connectivity index (χ2n) is 4.22. The van der Waals surface area contributed by atoms with E-state index in [2.05, 4.69) is 26.8 Å². The van der Waals surface area contributed by atoms with Gasteiger partial charge in [-0.15, -0.1) is 0 Å². The van der Waals surface area contributed by atoms with Gasteiger partial charge in [-0.3, -0.25) is 0 Å². The van der Waals surface area contributed by atoms with Crippen LogP contribution in [0.4, 0.5) is 0 Å². The molecule has 0 amide bonds. The molecule has 0 fully saturated rings. The minimum absolute atomic E-state index is 0.441. The van der Waals surface area contributed by atoms with Gasteiger partial charge in [0.1, 0.15) is 11.5 Å². The average molecular weight is 204 g/mol. The molecule has 0 unspecified atom stereocenters. The summed E-state index contributed by atoms with van der Waals surface area (Å²) in [6.07, 6.45) is 4.36. The first-order chi connectivity index (χ1) is 7.16. The maximum absolute atomic E-state index is 5.47. The van der Waals surface area contributed by atoms with E-state index in [1.54, 1.807) is 6.26 Å². The average Bonchev–Trinajstić information content (AvgIpc) is 2.77. The molecule has 0 saturated carbocycles. The third kappa shape index (κ3) is 2.14. The van der Waals surface area contributed by atoms with Gasteiger partial charge < -0.3 is 8.83 Å². The first kappa shape index (κ1) is 10.1. The Morgan fingerprint density at radius 1 is 1.27 bits per heavy atom. The van der Waals surface area contributed by atoms with Gasteiger partial charge in [-0.1, -0.05) is 13.8 Å². The largest absolute Gasteiger partial charge is 0.469 e. The van der Waals surface area contributed by atoms with Gasteiger partial charge in [0.05, 0.1) is 12.5 Å². The number of rotatable bonds is 3. The summed E-state index contributed by atoms with van der Waals surface area (Å²) in [5.41, 5.74) is 2.37. The number of hydrogen-bond acceptors (Lipinski definition) is 2. The normalized spacial score (nSPS) is 11.2. The Kier molecular flexibility index (Phi) is 2.67. The van der Waals surface area contributed by atoms with Crippen molar-refractivity contribution in [1.29, 1.82) is 0 Å². The molecule has 0 spiro atoms. The van der Waals surface area contributed by atoms with Crippen LogP contribution >= 0.6 is 0 Å². The van der Waals surface area contributed by atoms with Crippen LogP contribution in [0.1, 0.15) is 42.4 Å². The maximum atomic E-state index is 5.47. The predicted molar refractivity (Wildman–Crippen MR) is 59.0 cm³/mol. The van der Waals surface area contributed by atoms with Crippen molar-refractivity contribution in [2.45, 2.75) is 33.1 Å². The Morgan fingerprint density at radius 2 is 2.07 bits per heavy atom. The maximum Gasteiger partial charge on any atom is 0.111 e. The summed E-state index contributed by atoms with van der Waals surface area (Å²) in [6, 6.07) is 4.09. The molecule has 2 aromatic heterocycles. The topological polar surface area (TPSA) is 26.3 Å². The lowest BCUT2D eigenvalue weighted by Crippen LogP contribution is -1.86. The fraction of sp³-hybridized carbons (Fsp3) is 0.385. The number of aryl methyl sites for hydroxylation is 1. The molecule has 0 atom stereocenters. The Labute approximate surface area is 89.9 Å². The molecule has 0 saturated heterocycles. The molecule has 2 rings (SSSR count). The summed E-state index contributed by atoms with van der Waals surface area (Å²) in [4.78, 5) is 0. The Bertz CT molecular complexity index is 435. The van der Waals surface area contributed by atoms with E-state index in [4.69, 9.17) is 8.83 Å². The van der Waals surface area contributed by atoms with E-state index in [9.17, 15) is 0 Å². The molecule has 0 bridgehead atoms. The van der Waals surface area contributed by atoms with Gasteiger partial charge in [0.15, 0.2) is 0 Å². The van der Waals surface area contributed by atoms with Crippen molar-refractivity contribution in [3.05, 3.63) is 47.3 Å². The highest BCUT2D eigenvalue weighted by atomic mass is 16.3. The van der Waals surface area contributed by atoms with Gasteiger partial charge in [0, 0.05) is 12.3 Å². The first-order valence-electron chi connectivity index (χ1n) is 5.27. The minimum Gasteiger partial charge on any atom is -0.469 e. The molecule has 2 aromatic rings. The van der Waals surface area contributed by atoms with Crippen LogP contribution in [-0.2, 0) is 6.42 Å². The Morgan fingerprint density at radius 3 is 2.60 bits per heavy atom. The summed E-state index contributed by atoms with van der Waals surface area (Å²) in [7, 11) is 0. The van der Waals surface area contributed by atoms with E-state index >= 15 is 0 Å². The number of furan rings is 2. The lowest BCUT2D eigenvalue weighted by atomic mass is 10.1. The fourth-order valence-electron chi connectivity index (χ4n) is 1.56. The van der Waals surface area contributed by atoms with Crippen LogP contribution in [0, 0.1) is 6.92 Å². The van der Waals surface area contributed by atoms with Gasteiger partial charge in [-0.05, 0) is 30.2 Å². The smallest absolute Gasteiger partial charge is 0.111 e. The molecule has 2 heterocycles. The highest BCUT2D eigenvalue weighted by molar-refractivity contribution is 5.24. The number of hydrogen-bond donors (Lipinski definition) is 0. The third-order valence-corrected chi connectivity index (χ3v) is 2.58. The zero-order chi connectivity index (χ0) is 10.8. The fourth-order valence-corrected chi connectivity index (χ4v) is 1.56. The van der Waals surface area contributed by atoms with E-state index < -0.39 is 0 Å². The third-order valence-electron chi connectivity index (χ3n) is 2.58. The van der Waals surface area contributed by atoms with Crippen molar-refractivity contribution in [3.63, 3.8) is 0 Å². The van der Waals surface area contributed by atoms with Crippen LogP contribution in [0.25, 0.3) is 0 Å². The van der Waals surface area contributed by atoms with Gasteiger partial charge in [-0.2, -0.15) is 0 Å². The summed E-state index contributed by atoms with van der Waals surface area (Å²) >= 11 is 0. The molecule has 0 aromatic carbocycles. The summed E-state index contributed by atoms with van der Waals surface area (Å²) in [6.45, 7) is 6.31. The minimum atomic E-state index is 0.441. The van der Waals surface area contributed by atoms with E-state index in [0.717, 1.165) is 17.9 Å². The van der Waals surface area contributed by atoms with Crippen molar-refractivity contribution in [2.24, 2.45) is 0 Å². The van der Waals surface area contributed by atoms with E-state index in [-0.39, 0.29) is 0 Å². The second-order valence-corrected chi connectivity index (χ2v) is 4.22. The van der Waals surface area contributed by atoms with Crippen LogP contribution < -0.4 is 0 Å². The quantitative estimate of drug-likeness (QED) is 0.758. The molecule has 0 aliphatic rings. The molecule has 15 heavy (non-hydrogen) atoms. The highest BCUT2D eigenvalue weighted by Gasteiger charge is 2.08. The zero-order valence-corrected chi connectivity index (χ0v) is 9.41. The molecular weight excluding hydrogens is 188 g/mol. The molecule has 0 radical (unpaired) electrons. The van der Waals surface area contributed by atoms with Gasteiger partial charge in [0.2, 0.25) is 0 Å². The monoisotopic (exact) mass is 204 g/mol. The molecule has 2 heteroatoms. The van der Waals surface area contributed by atoms with Crippen molar-refractivity contribution < 1.29 is 8.83 Å². The van der Waals surface area contributed by atoms with Crippen LogP contribution in [0.5, 0.6) is 0 Å². The van der Waals surface area contributed by atoms with Crippen molar-refractivity contribution in [3.8, 4) is 0 Å². The van der Waals surface area contributed by atoms with E-state index in [1.165, 1.54) is 11.1 Å².